The maximum Gasteiger partial charge on any atom is 0.331 e. The molecule has 0 radical (unpaired) electrons. The Morgan fingerprint density at radius 2 is 1.06 bits per heavy atom. The molecule has 0 saturated heterocycles. The van der Waals surface area contributed by atoms with Gasteiger partial charge >= 0.3 is 11.9 Å². The SMILES string of the molecule is C[C@@H](COC(=O)/C=C\C(=O)OC[C@H](C)CC(N)c1ccc(CCCCOC2CCCCC2)s1)CC(N)c1ccc(CCCCOC2CCCCC2)s1. The molecule has 0 aromatic carbocycles. The molecule has 2 fully saturated rings. The van der Waals surface area contributed by atoms with Crippen LogP contribution in [0.3, 0.4) is 0 Å². The van der Waals surface area contributed by atoms with Crippen LogP contribution in [-0.2, 0) is 41.4 Å². The van der Waals surface area contributed by atoms with Crippen LogP contribution in [0.1, 0.15) is 148 Å². The number of hydrogen-bond donors (Lipinski definition) is 2. The van der Waals surface area contributed by atoms with Gasteiger partial charge in [-0.2, -0.15) is 0 Å². The van der Waals surface area contributed by atoms with E-state index in [1.165, 1.54) is 74.0 Å². The van der Waals surface area contributed by atoms with Crippen LogP contribution < -0.4 is 11.5 Å². The van der Waals surface area contributed by atoms with Crippen molar-refractivity contribution in [2.24, 2.45) is 23.3 Å². The van der Waals surface area contributed by atoms with Crippen LogP contribution in [0, 0.1) is 11.8 Å². The van der Waals surface area contributed by atoms with Gasteiger partial charge in [0.2, 0.25) is 0 Å². The Balaban J connectivity index is 1.02. The highest BCUT2D eigenvalue weighted by Crippen LogP contribution is 2.29. The number of unbranched alkanes of at least 4 members (excludes halogenated alkanes) is 2. The van der Waals surface area contributed by atoms with Crippen molar-refractivity contribution >= 4 is 34.6 Å². The molecule has 4 atom stereocenters. The van der Waals surface area contributed by atoms with E-state index in [1.54, 1.807) is 22.7 Å². The van der Waals surface area contributed by atoms with E-state index in [0.29, 0.717) is 25.0 Å². The first-order valence-corrected chi connectivity index (χ1v) is 21.8. The Morgan fingerprint density at radius 3 is 1.46 bits per heavy atom. The van der Waals surface area contributed by atoms with Crippen molar-refractivity contribution in [2.75, 3.05) is 26.4 Å². The van der Waals surface area contributed by atoms with Gasteiger partial charge in [-0.05, 0) is 113 Å². The highest BCUT2D eigenvalue weighted by Gasteiger charge is 2.18. The third-order valence-corrected chi connectivity index (χ3v) is 12.8. The van der Waals surface area contributed by atoms with E-state index < -0.39 is 11.9 Å². The lowest BCUT2D eigenvalue weighted by molar-refractivity contribution is -0.141. The van der Waals surface area contributed by atoms with Crippen molar-refractivity contribution in [3.05, 3.63) is 55.9 Å². The number of aryl methyl sites for hydroxylation is 2. The van der Waals surface area contributed by atoms with Crippen molar-refractivity contribution in [3.63, 3.8) is 0 Å². The summed E-state index contributed by atoms with van der Waals surface area (Å²) < 4.78 is 22.9. The summed E-state index contributed by atoms with van der Waals surface area (Å²) in [5, 5.41) is 0. The van der Waals surface area contributed by atoms with Gasteiger partial charge in [-0.15, -0.1) is 22.7 Å². The first kappa shape index (κ1) is 42.7. The third kappa shape index (κ3) is 16.9. The summed E-state index contributed by atoms with van der Waals surface area (Å²) in [6.45, 7) is 6.22. The molecule has 292 valence electrons. The van der Waals surface area contributed by atoms with E-state index >= 15 is 0 Å². The summed E-state index contributed by atoms with van der Waals surface area (Å²) in [4.78, 5) is 29.6. The summed E-state index contributed by atoms with van der Waals surface area (Å²) in [6.07, 6.45) is 24.0. The number of nitrogens with two attached hydrogens (primary N) is 2. The maximum absolute atomic E-state index is 12.3. The van der Waals surface area contributed by atoms with Gasteiger partial charge in [0, 0.05) is 57.0 Å². The van der Waals surface area contributed by atoms with Gasteiger partial charge in [-0.1, -0.05) is 52.4 Å². The third-order valence-electron chi connectivity index (χ3n) is 10.2. The van der Waals surface area contributed by atoms with Crippen LogP contribution in [0.4, 0.5) is 0 Å². The van der Waals surface area contributed by atoms with Gasteiger partial charge in [-0.25, -0.2) is 9.59 Å². The molecule has 10 heteroatoms. The van der Waals surface area contributed by atoms with Crippen molar-refractivity contribution in [3.8, 4) is 0 Å². The fourth-order valence-electron chi connectivity index (χ4n) is 7.14. The summed E-state index contributed by atoms with van der Waals surface area (Å²) in [5.74, 6) is -0.972. The number of rotatable bonds is 24. The van der Waals surface area contributed by atoms with Crippen molar-refractivity contribution in [1.29, 1.82) is 0 Å². The van der Waals surface area contributed by atoms with E-state index in [-0.39, 0.29) is 37.1 Å². The predicted octanol–water partition coefficient (Wildman–Crippen LogP) is 9.55. The van der Waals surface area contributed by atoms with Gasteiger partial charge in [0.1, 0.15) is 0 Å². The Hall–Kier alpha value is -2.08. The van der Waals surface area contributed by atoms with Crippen LogP contribution in [0.5, 0.6) is 0 Å². The van der Waals surface area contributed by atoms with Crippen molar-refractivity contribution in [1.82, 2.24) is 0 Å². The molecule has 8 nitrogen and oxygen atoms in total. The molecule has 2 aliphatic carbocycles. The summed E-state index contributed by atoms with van der Waals surface area (Å²) >= 11 is 3.55. The quantitative estimate of drug-likeness (QED) is 0.0617. The second-order valence-corrected chi connectivity index (χ2v) is 17.7. The standard InChI is InChI=1S/C42H66N2O6S2/c1-31(27-37(43)39-21-19-35(51-39)17-9-11-25-47-33-13-5-3-6-14-33)29-49-41(45)23-24-42(46)50-30-32(2)28-38(44)40-22-20-36(52-40)18-10-12-26-48-34-15-7-4-8-16-34/h19-24,31-34,37-38H,3-18,25-30,43-44H2,1-2H3/b24-23-/t31-,32-,37?,38?/m1/s1. The van der Waals surface area contributed by atoms with Crippen molar-refractivity contribution in [2.45, 2.75) is 154 Å². The van der Waals surface area contributed by atoms with Gasteiger partial charge in [-0.3, -0.25) is 0 Å². The minimum absolute atomic E-state index is 0.0804. The van der Waals surface area contributed by atoms with Crippen LogP contribution >= 0.6 is 22.7 Å². The summed E-state index contributed by atoms with van der Waals surface area (Å²) in [6, 6.07) is 8.40. The average Bonchev–Trinajstić information content (AvgIpc) is 3.83. The number of thiophene rings is 2. The number of hydrogen-bond acceptors (Lipinski definition) is 10. The monoisotopic (exact) mass is 758 g/mol. The highest BCUT2D eigenvalue weighted by atomic mass is 32.1. The predicted molar refractivity (Wildman–Crippen MR) is 213 cm³/mol. The second kappa shape index (κ2) is 24.4. The van der Waals surface area contributed by atoms with Crippen molar-refractivity contribution < 1.29 is 28.5 Å². The molecule has 2 aliphatic rings. The van der Waals surface area contributed by atoms with Gasteiger partial charge in [0.25, 0.3) is 0 Å². The molecule has 4 N–H and O–H groups in total. The molecule has 2 saturated carbocycles. The van der Waals surface area contributed by atoms with E-state index in [4.69, 9.17) is 30.4 Å². The van der Waals surface area contributed by atoms with E-state index in [2.05, 4.69) is 24.3 Å². The number of carbonyl (C=O) groups excluding carboxylic acids is 2. The molecule has 2 heterocycles. The number of ether oxygens (including phenoxy) is 4. The Labute approximate surface area is 321 Å². The Kier molecular flexibility index (Phi) is 20.0. The number of esters is 2. The molecular formula is C42H66N2O6S2. The molecule has 0 bridgehead atoms. The fourth-order valence-corrected chi connectivity index (χ4v) is 9.28. The first-order valence-electron chi connectivity index (χ1n) is 20.2. The molecule has 4 rings (SSSR count). The minimum atomic E-state index is -0.566. The lowest BCUT2D eigenvalue weighted by atomic mass is 9.98. The zero-order chi connectivity index (χ0) is 37.0. The molecule has 2 aromatic rings. The van der Waals surface area contributed by atoms with E-state index in [0.717, 1.165) is 73.6 Å². The molecule has 2 unspecified atom stereocenters. The smallest absolute Gasteiger partial charge is 0.331 e. The highest BCUT2D eigenvalue weighted by molar-refractivity contribution is 7.12. The minimum Gasteiger partial charge on any atom is -0.462 e. The van der Waals surface area contributed by atoms with E-state index in [9.17, 15) is 9.59 Å². The molecule has 0 spiro atoms. The number of carbonyl (C=O) groups is 2. The summed E-state index contributed by atoms with van der Waals surface area (Å²) in [7, 11) is 0. The van der Waals surface area contributed by atoms with Gasteiger partial charge in [0.15, 0.2) is 0 Å². The normalized spacial score (nSPS) is 18.3. The van der Waals surface area contributed by atoms with Gasteiger partial charge in [0.05, 0.1) is 25.4 Å². The fraction of sp³-hybridized carbons (Fsp3) is 0.714. The zero-order valence-corrected chi connectivity index (χ0v) is 33.5. The lowest BCUT2D eigenvalue weighted by Crippen LogP contribution is -2.18. The lowest BCUT2D eigenvalue weighted by Gasteiger charge is -2.21. The van der Waals surface area contributed by atoms with Crippen LogP contribution in [0.15, 0.2) is 36.4 Å². The molecule has 2 aromatic heterocycles. The second-order valence-electron chi connectivity index (χ2n) is 15.3. The molecular weight excluding hydrogens is 693 g/mol. The molecule has 0 aliphatic heterocycles. The Morgan fingerprint density at radius 1 is 0.654 bits per heavy atom. The molecule has 0 amide bonds. The van der Waals surface area contributed by atoms with Gasteiger partial charge < -0.3 is 30.4 Å². The molecule has 52 heavy (non-hydrogen) atoms. The Bertz CT molecular complexity index is 1220. The average molecular weight is 759 g/mol. The maximum atomic E-state index is 12.3. The first-order chi connectivity index (χ1) is 25.2. The van der Waals surface area contributed by atoms with E-state index in [1.807, 2.05) is 13.8 Å². The topological polar surface area (TPSA) is 123 Å². The largest absolute Gasteiger partial charge is 0.462 e. The van der Waals surface area contributed by atoms with Crippen LogP contribution in [0.25, 0.3) is 0 Å². The summed E-state index contributed by atoms with van der Waals surface area (Å²) in [5.41, 5.74) is 13.0. The van der Waals surface area contributed by atoms with Crippen LogP contribution in [0.2, 0.25) is 0 Å². The zero-order valence-electron chi connectivity index (χ0n) is 31.9. The van der Waals surface area contributed by atoms with Crippen LogP contribution in [-0.4, -0.2) is 50.6 Å².